The summed E-state index contributed by atoms with van der Waals surface area (Å²) in [6, 6.07) is 5.83. The Bertz CT molecular complexity index is 424. The maximum absolute atomic E-state index is 12.4. The average Bonchev–Trinajstić information content (AvgIpc) is 2.90. The first-order chi connectivity index (χ1) is 8.52. The van der Waals surface area contributed by atoms with Crippen molar-refractivity contribution in [2.24, 2.45) is 11.8 Å². The second-order valence-corrected chi connectivity index (χ2v) is 5.50. The largest absolute Gasteiger partial charge is 0.416 e. The van der Waals surface area contributed by atoms with Crippen LogP contribution >= 0.6 is 0 Å². The Hall–Kier alpha value is -1.19. The third-order valence-electron chi connectivity index (χ3n) is 4.30. The van der Waals surface area contributed by atoms with E-state index in [2.05, 4.69) is 5.32 Å². The van der Waals surface area contributed by atoms with E-state index < -0.39 is 11.7 Å². The first kappa shape index (κ1) is 11.9. The van der Waals surface area contributed by atoms with Gasteiger partial charge in [0.05, 0.1) is 5.56 Å². The molecule has 4 heteroatoms. The number of rotatable bonds is 2. The predicted molar refractivity (Wildman–Crippen MR) is 64.3 cm³/mol. The molecule has 2 saturated carbocycles. The zero-order valence-corrected chi connectivity index (χ0v) is 10.0. The van der Waals surface area contributed by atoms with E-state index in [1.54, 1.807) is 0 Å². The molecule has 3 unspecified atom stereocenters. The molecule has 3 rings (SSSR count). The highest BCUT2D eigenvalue weighted by Gasteiger charge is 2.39. The molecule has 1 aromatic carbocycles. The quantitative estimate of drug-likeness (QED) is 0.830. The van der Waals surface area contributed by atoms with Gasteiger partial charge in [-0.3, -0.25) is 0 Å². The van der Waals surface area contributed by atoms with Crippen LogP contribution in [-0.2, 0) is 6.18 Å². The number of benzene rings is 1. The topological polar surface area (TPSA) is 12.0 Å². The number of hydrogen-bond donors (Lipinski definition) is 1. The summed E-state index contributed by atoms with van der Waals surface area (Å²) in [5, 5.41) is 3.38. The lowest BCUT2D eigenvalue weighted by Crippen LogP contribution is -2.25. The van der Waals surface area contributed by atoms with E-state index in [4.69, 9.17) is 0 Å². The molecule has 0 aliphatic heterocycles. The lowest BCUT2D eigenvalue weighted by atomic mass is 9.95. The van der Waals surface area contributed by atoms with Crippen molar-refractivity contribution in [2.75, 3.05) is 5.32 Å². The van der Waals surface area contributed by atoms with Gasteiger partial charge in [-0.05, 0) is 55.4 Å². The second-order valence-electron chi connectivity index (χ2n) is 5.50. The van der Waals surface area contributed by atoms with Crippen molar-refractivity contribution < 1.29 is 13.2 Å². The van der Waals surface area contributed by atoms with E-state index in [1.165, 1.54) is 37.8 Å². The highest BCUT2D eigenvalue weighted by atomic mass is 19.4. The first-order valence-electron chi connectivity index (χ1n) is 6.46. The second kappa shape index (κ2) is 4.18. The molecule has 0 amide bonds. The maximum Gasteiger partial charge on any atom is 0.416 e. The third kappa shape index (κ3) is 2.20. The standard InChI is InChI=1S/C14H16F3N/c15-14(16,17)11-3-5-12(6-4-11)18-13-8-9-1-2-10(13)7-9/h3-6,9-10,13,18H,1-2,7-8H2. The van der Waals surface area contributed by atoms with Gasteiger partial charge in [0.2, 0.25) is 0 Å². The molecule has 0 saturated heterocycles. The molecule has 98 valence electrons. The summed E-state index contributed by atoms with van der Waals surface area (Å²) in [7, 11) is 0. The molecule has 2 bridgehead atoms. The Morgan fingerprint density at radius 3 is 2.22 bits per heavy atom. The fraction of sp³-hybridized carbons (Fsp3) is 0.571. The van der Waals surface area contributed by atoms with Gasteiger partial charge in [0.15, 0.2) is 0 Å². The number of fused-ring (bicyclic) bond motifs is 2. The van der Waals surface area contributed by atoms with Gasteiger partial charge in [0.25, 0.3) is 0 Å². The fourth-order valence-electron chi connectivity index (χ4n) is 3.39. The lowest BCUT2D eigenvalue weighted by molar-refractivity contribution is -0.137. The fourth-order valence-corrected chi connectivity index (χ4v) is 3.39. The minimum absolute atomic E-state index is 0.459. The Kier molecular flexibility index (Phi) is 2.76. The molecule has 1 N–H and O–H groups in total. The molecule has 1 aromatic rings. The van der Waals surface area contributed by atoms with Crippen LogP contribution in [0.5, 0.6) is 0 Å². The van der Waals surface area contributed by atoms with Gasteiger partial charge in [0.1, 0.15) is 0 Å². The van der Waals surface area contributed by atoms with Gasteiger partial charge in [-0.2, -0.15) is 13.2 Å². The van der Waals surface area contributed by atoms with Gasteiger partial charge in [0, 0.05) is 11.7 Å². The number of alkyl halides is 3. The molecule has 2 aliphatic carbocycles. The van der Waals surface area contributed by atoms with Gasteiger partial charge in [-0.1, -0.05) is 6.42 Å². The van der Waals surface area contributed by atoms with Crippen LogP contribution < -0.4 is 5.32 Å². The summed E-state index contributed by atoms with van der Waals surface area (Å²) in [4.78, 5) is 0. The molecule has 3 atom stereocenters. The van der Waals surface area contributed by atoms with Crippen molar-refractivity contribution in [2.45, 2.75) is 37.9 Å². The maximum atomic E-state index is 12.4. The van der Waals surface area contributed by atoms with Crippen LogP contribution in [0.15, 0.2) is 24.3 Å². The molecule has 2 fully saturated rings. The summed E-state index contributed by atoms with van der Waals surface area (Å²) < 4.78 is 37.3. The van der Waals surface area contributed by atoms with Crippen molar-refractivity contribution in [3.63, 3.8) is 0 Å². The average molecular weight is 255 g/mol. The highest BCUT2D eigenvalue weighted by molar-refractivity contribution is 5.46. The zero-order valence-electron chi connectivity index (χ0n) is 10.0. The summed E-state index contributed by atoms with van der Waals surface area (Å²) in [5.74, 6) is 1.55. The molecule has 1 nitrogen and oxygen atoms in total. The number of anilines is 1. The van der Waals surface area contributed by atoms with E-state index in [0.29, 0.717) is 6.04 Å². The predicted octanol–water partition coefficient (Wildman–Crippen LogP) is 4.31. The molecular formula is C14H16F3N. The summed E-state index contributed by atoms with van der Waals surface area (Å²) >= 11 is 0. The van der Waals surface area contributed by atoms with E-state index >= 15 is 0 Å². The summed E-state index contributed by atoms with van der Waals surface area (Å²) in [6.07, 6.45) is 0.813. The molecular weight excluding hydrogens is 239 g/mol. The van der Waals surface area contributed by atoms with Gasteiger partial charge >= 0.3 is 6.18 Å². The van der Waals surface area contributed by atoms with Crippen molar-refractivity contribution in [1.82, 2.24) is 0 Å². The lowest BCUT2D eigenvalue weighted by Gasteiger charge is -2.24. The van der Waals surface area contributed by atoms with Crippen LogP contribution in [0.3, 0.4) is 0 Å². The molecule has 0 radical (unpaired) electrons. The van der Waals surface area contributed by atoms with E-state index in [9.17, 15) is 13.2 Å². The Morgan fingerprint density at radius 2 is 1.72 bits per heavy atom. The van der Waals surface area contributed by atoms with Crippen LogP contribution in [0.1, 0.15) is 31.2 Å². The molecule has 0 heterocycles. The Morgan fingerprint density at radius 1 is 1.00 bits per heavy atom. The van der Waals surface area contributed by atoms with E-state index in [-0.39, 0.29) is 0 Å². The van der Waals surface area contributed by atoms with Crippen LogP contribution in [0.25, 0.3) is 0 Å². The zero-order chi connectivity index (χ0) is 12.8. The smallest absolute Gasteiger partial charge is 0.382 e. The number of halogens is 3. The number of nitrogens with one attached hydrogen (secondary N) is 1. The van der Waals surface area contributed by atoms with Gasteiger partial charge in [-0.15, -0.1) is 0 Å². The highest BCUT2D eigenvalue weighted by Crippen LogP contribution is 2.45. The van der Waals surface area contributed by atoms with Crippen molar-refractivity contribution in [3.8, 4) is 0 Å². The van der Waals surface area contributed by atoms with E-state index in [1.807, 2.05) is 0 Å². The SMILES string of the molecule is FC(F)(F)c1ccc(NC2CC3CCC2C3)cc1. The number of hydrogen-bond acceptors (Lipinski definition) is 1. The molecule has 2 aliphatic rings. The monoisotopic (exact) mass is 255 g/mol. The van der Waals surface area contributed by atoms with Crippen LogP contribution in [-0.4, -0.2) is 6.04 Å². The first-order valence-corrected chi connectivity index (χ1v) is 6.46. The van der Waals surface area contributed by atoms with Crippen molar-refractivity contribution in [3.05, 3.63) is 29.8 Å². The van der Waals surface area contributed by atoms with Gasteiger partial charge < -0.3 is 5.32 Å². The normalized spacial score (nSPS) is 30.7. The van der Waals surface area contributed by atoms with Crippen LogP contribution in [0.4, 0.5) is 18.9 Å². The molecule has 0 aromatic heterocycles. The van der Waals surface area contributed by atoms with Gasteiger partial charge in [-0.25, -0.2) is 0 Å². The van der Waals surface area contributed by atoms with Crippen LogP contribution in [0, 0.1) is 11.8 Å². The summed E-state index contributed by atoms with van der Waals surface area (Å²) in [6.45, 7) is 0. The summed E-state index contributed by atoms with van der Waals surface area (Å²) in [5.41, 5.74) is 0.224. The Labute approximate surface area is 104 Å². The third-order valence-corrected chi connectivity index (χ3v) is 4.30. The Balaban J connectivity index is 1.67. The van der Waals surface area contributed by atoms with Crippen LogP contribution in [0.2, 0.25) is 0 Å². The molecule has 0 spiro atoms. The minimum atomic E-state index is -4.25. The van der Waals surface area contributed by atoms with Crippen molar-refractivity contribution in [1.29, 1.82) is 0 Å². The molecule has 18 heavy (non-hydrogen) atoms. The van der Waals surface area contributed by atoms with Crippen molar-refractivity contribution >= 4 is 5.69 Å². The van der Waals surface area contributed by atoms with E-state index in [0.717, 1.165) is 29.7 Å². The minimum Gasteiger partial charge on any atom is -0.382 e.